The Morgan fingerprint density at radius 3 is 2.82 bits per heavy atom. The van der Waals surface area contributed by atoms with E-state index in [9.17, 15) is 0 Å². The predicted octanol–water partition coefficient (Wildman–Crippen LogP) is 2.47. The average Bonchev–Trinajstić information content (AvgIpc) is 2.30. The summed E-state index contributed by atoms with van der Waals surface area (Å²) in [4.78, 5) is 7.03. The van der Waals surface area contributed by atoms with E-state index >= 15 is 0 Å². The maximum atomic E-state index is 5.64. The van der Waals surface area contributed by atoms with Gasteiger partial charge in [-0.2, -0.15) is 0 Å². The molecule has 0 amide bonds. The molecule has 2 N–H and O–H groups in total. The largest absolute Gasteiger partial charge is 0.354 e. The summed E-state index contributed by atoms with van der Waals surface area (Å²) in [6, 6.07) is 2.75. The number of anilines is 1. The molecular formula is C14H23N3. The molecule has 1 aliphatic rings. The summed E-state index contributed by atoms with van der Waals surface area (Å²) < 4.78 is 0. The Morgan fingerprint density at radius 2 is 2.24 bits per heavy atom. The molecule has 1 aromatic rings. The van der Waals surface area contributed by atoms with Crippen LogP contribution in [0.5, 0.6) is 0 Å². The molecule has 0 radical (unpaired) electrons. The highest BCUT2D eigenvalue weighted by Crippen LogP contribution is 2.28. The Balaban J connectivity index is 2.22. The maximum Gasteiger partial charge on any atom is 0.131 e. The fourth-order valence-corrected chi connectivity index (χ4v) is 2.76. The Hall–Kier alpha value is -1.09. The van der Waals surface area contributed by atoms with E-state index in [0.717, 1.165) is 23.8 Å². The number of pyridine rings is 1. The third-order valence-electron chi connectivity index (χ3n) is 3.75. The highest BCUT2D eigenvalue weighted by atomic mass is 15.2. The Labute approximate surface area is 104 Å². The molecule has 0 saturated carbocycles. The molecule has 0 aromatic carbocycles. The van der Waals surface area contributed by atoms with Gasteiger partial charge in [-0.3, -0.25) is 0 Å². The summed E-state index contributed by atoms with van der Waals surface area (Å²) in [5.74, 6) is 1.98. The lowest BCUT2D eigenvalue weighted by molar-refractivity contribution is 0.375. The molecule has 1 aromatic heterocycles. The van der Waals surface area contributed by atoms with Crippen LogP contribution >= 0.6 is 0 Å². The van der Waals surface area contributed by atoms with Crippen LogP contribution < -0.4 is 10.6 Å². The van der Waals surface area contributed by atoms with Crippen molar-refractivity contribution in [2.24, 2.45) is 11.7 Å². The number of nitrogens with two attached hydrogens (primary N) is 1. The second kappa shape index (κ2) is 5.05. The highest BCUT2D eigenvalue weighted by molar-refractivity contribution is 5.48. The quantitative estimate of drug-likeness (QED) is 0.853. The molecule has 3 heteroatoms. The molecule has 2 unspecified atom stereocenters. The fourth-order valence-electron chi connectivity index (χ4n) is 2.76. The van der Waals surface area contributed by atoms with Gasteiger partial charge in [0.15, 0.2) is 0 Å². The van der Waals surface area contributed by atoms with E-state index in [1.807, 2.05) is 6.20 Å². The smallest absolute Gasteiger partial charge is 0.131 e. The Kier molecular flexibility index (Phi) is 3.67. The van der Waals surface area contributed by atoms with Crippen molar-refractivity contribution in [3.63, 3.8) is 0 Å². The van der Waals surface area contributed by atoms with E-state index in [1.54, 1.807) is 0 Å². The third-order valence-corrected chi connectivity index (χ3v) is 3.75. The van der Waals surface area contributed by atoms with Crippen molar-refractivity contribution in [2.75, 3.05) is 11.4 Å². The first kappa shape index (κ1) is 12.4. The molecule has 2 rings (SSSR count). The minimum absolute atomic E-state index is 0.570. The number of aromatic nitrogens is 1. The normalized spacial score (nSPS) is 25.1. The molecular weight excluding hydrogens is 210 g/mol. The standard InChI is InChI=1S/C14H23N3/c1-10-4-5-17(12(3)6-10)14-11(2)7-13(8-15)9-16-14/h7,9-10,12H,4-6,8,15H2,1-3H3. The van der Waals surface area contributed by atoms with Crippen LogP contribution in [0.4, 0.5) is 5.82 Å². The predicted molar refractivity (Wildman–Crippen MR) is 72.1 cm³/mol. The van der Waals surface area contributed by atoms with E-state index in [0.29, 0.717) is 12.6 Å². The van der Waals surface area contributed by atoms with Crippen LogP contribution in [0.2, 0.25) is 0 Å². The number of hydrogen-bond donors (Lipinski definition) is 1. The molecule has 3 nitrogen and oxygen atoms in total. The van der Waals surface area contributed by atoms with Crippen LogP contribution in [-0.2, 0) is 6.54 Å². The summed E-state index contributed by atoms with van der Waals surface area (Å²) in [6.07, 6.45) is 4.44. The molecule has 1 saturated heterocycles. The van der Waals surface area contributed by atoms with Gasteiger partial charge >= 0.3 is 0 Å². The van der Waals surface area contributed by atoms with E-state index in [-0.39, 0.29) is 0 Å². The van der Waals surface area contributed by atoms with E-state index in [2.05, 4.69) is 36.7 Å². The summed E-state index contributed by atoms with van der Waals surface area (Å²) >= 11 is 0. The number of aryl methyl sites for hydroxylation is 1. The third kappa shape index (κ3) is 2.60. The van der Waals surface area contributed by atoms with Gasteiger partial charge in [0.1, 0.15) is 5.82 Å². The van der Waals surface area contributed by atoms with Gasteiger partial charge in [0.2, 0.25) is 0 Å². The van der Waals surface area contributed by atoms with Crippen molar-refractivity contribution in [1.82, 2.24) is 4.98 Å². The first-order valence-electron chi connectivity index (χ1n) is 6.54. The van der Waals surface area contributed by atoms with Crippen LogP contribution in [0.1, 0.15) is 37.8 Å². The van der Waals surface area contributed by atoms with Gasteiger partial charge in [0.05, 0.1) is 0 Å². The first-order chi connectivity index (χ1) is 8.11. The zero-order valence-corrected chi connectivity index (χ0v) is 11.1. The number of rotatable bonds is 2. The van der Waals surface area contributed by atoms with Crippen molar-refractivity contribution in [1.29, 1.82) is 0 Å². The molecule has 0 aliphatic carbocycles. The highest BCUT2D eigenvalue weighted by Gasteiger charge is 2.24. The zero-order valence-electron chi connectivity index (χ0n) is 11.1. The van der Waals surface area contributed by atoms with Gasteiger partial charge in [0, 0.05) is 25.3 Å². The van der Waals surface area contributed by atoms with Gasteiger partial charge in [0.25, 0.3) is 0 Å². The van der Waals surface area contributed by atoms with Gasteiger partial charge in [-0.25, -0.2) is 4.98 Å². The maximum absolute atomic E-state index is 5.64. The van der Waals surface area contributed by atoms with E-state index in [4.69, 9.17) is 5.73 Å². The van der Waals surface area contributed by atoms with Crippen LogP contribution in [0.15, 0.2) is 12.3 Å². The van der Waals surface area contributed by atoms with Gasteiger partial charge in [-0.15, -0.1) is 0 Å². The van der Waals surface area contributed by atoms with Crippen molar-refractivity contribution in [2.45, 2.75) is 46.2 Å². The monoisotopic (exact) mass is 233 g/mol. The van der Waals surface area contributed by atoms with E-state index < -0.39 is 0 Å². The fraction of sp³-hybridized carbons (Fsp3) is 0.643. The number of hydrogen-bond acceptors (Lipinski definition) is 3. The Morgan fingerprint density at radius 1 is 1.47 bits per heavy atom. The first-order valence-corrected chi connectivity index (χ1v) is 6.54. The molecule has 2 atom stereocenters. The lowest BCUT2D eigenvalue weighted by atomic mass is 9.93. The summed E-state index contributed by atoms with van der Waals surface area (Å²) in [6.45, 7) is 8.46. The SMILES string of the molecule is Cc1cc(CN)cnc1N1CCC(C)CC1C. The second-order valence-electron chi connectivity index (χ2n) is 5.36. The lowest BCUT2D eigenvalue weighted by Gasteiger charge is -2.38. The second-order valence-corrected chi connectivity index (χ2v) is 5.36. The lowest BCUT2D eigenvalue weighted by Crippen LogP contribution is -2.41. The van der Waals surface area contributed by atoms with Crippen molar-refractivity contribution in [3.05, 3.63) is 23.4 Å². The van der Waals surface area contributed by atoms with Crippen molar-refractivity contribution >= 4 is 5.82 Å². The number of nitrogens with zero attached hydrogens (tertiary/aromatic N) is 2. The van der Waals surface area contributed by atoms with Gasteiger partial charge < -0.3 is 10.6 Å². The summed E-state index contributed by atoms with van der Waals surface area (Å²) in [5, 5.41) is 0. The molecule has 1 fully saturated rings. The molecule has 17 heavy (non-hydrogen) atoms. The zero-order chi connectivity index (χ0) is 12.4. The molecule has 94 valence electrons. The van der Waals surface area contributed by atoms with Gasteiger partial charge in [-0.05, 0) is 49.8 Å². The molecule has 0 spiro atoms. The minimum Gasteiger partial charge on any atom is -0.354 e. The summed E-state index contributed by atoms with van der Waals surface area (Å²) in [7, 11) is 0. The molecule has 0 bridgehead atoms. The van der Waals surface area contributed by atoms with Crippen LogP contribution in [0.25, 0.3) is 0 Å². The summed E-state index contributed by atoms with van der Waals surface area (Å²) in [5.41, 5.74) is 8.00. The van der Waals surface area contributed by atoms with Gasteiger partial charge in [-0.1, -0.05) is 6.92 Å². The topological polar surface area (TPSA) is 42.1 Å². The van der Waals surface area contributed by atoms with Crippen molar-refractivity contribution in [3.8, 4) is 0 Å². The number of piperidine rings is 1. The van der Waals surface area contributed by atoms with Crippen LogP contribution in [0, 0.1) is 12.8 Å². The Bertz CT molecular complexity index is 389. The van der Waals surface area contributed by atoms with Crippen LogP contribution in [0.3, 0.4) is 0 Å². The molecule has 2 heterocycles. The van der Waals surface area contributed by atoms with Crippen LogP contribution in [-0.4, -0.2) is 17.6 Å². The van der Waals surface area contributed by atoms with Crippen molar-refractivity contribution < 1.29 is 0 Å². The minimum atomic E-state index is 0.570. The average molecular weight is 233 g/mol. The molecule has 1 aliphatic heterocycles. The van der Waals surface area contributed by atoms with E-state index in [1.165, 1.54) is 18.4 Å².